The van der Waals surface area contributed by atoms with Gasteiger partial charge in [0.15, 0.2) is 0 Å². The molecule has 0 aromatic heterocycles. The third kappa shape index (κ3) is 3.40. The molecule has 0 fully saturated rings. The highest BCUT2D eigenvalue weighted by atomic mass is 79.9. The first-order chi connectivity index (χ1) is 9.92. The average molecular weight is 351 g/mol. The van der Waals surface area contributed by atoms with Crippen molar-refractivity contribution < 1.29 is 9.66 Å². The molecule has 0 aliphatic heterocycles. The Kier molecular flexibility index (Phi) is 4.59. The molecule has 2 rings (SSSR count). The van der Waals surface area contributed by atoms with Crippen LogP contribution in [0.2, 0.25) is 0 Å². The Morgan fingerprint density at radius 1 is 1.19 bits per heavy atom. The third-order valence-electron chi connectivity index (χ3n) is 3.16. The molecule has 110 valence electrons. The van der Waals surface area contributed by atoms with Gasteiger partial charge in [0.05, 0.1) is 4.92 Å². The van der Waals surface area contributed by atoms with Crippen molar-refractivity contribution in [3.8, 4) is 11.5 Å². The second kappa shape index (κ2) is 6.24. The van der Waals surface area contributed by atoms with E-state index in [1.807, 2.05) is 18.2 Å². The van der Waals surface area contributed by atoms with Crippen LogP contribution in [0.5, 0.6) is 11.5 Å². The Morgan fingerprint density at radius 2 is 1.90 bits per heavy atom. The monoisotopic (exact) mass is 350 g/mol. The number of ether oxygens (including phenoxy) is 1. The fourth-order valence-corrected chi connectivity index (χ4v) is 2.33. The molecule has 0 amide bonds. The lowest BCUT2D eigenvalue weighted by atomic mass is 10.1. The molecule has 0 aliphatic rings. The molecule has 0 bridgehead atoms. The summed E-state index contributed by atoms with van der Waals surface area (Å²) in [6, 6.07) is 8.80. The molecule has 0 saturated carbocycles. The number of hydrogen-bond acceptors (Lipinski definition) is 4. The Balaban J connectivity index is 2.43. The van der Waals surface area contributed by atoms with Crippen molar-refractivity contribution in [3.63, 3.8) is 0 Å². The van der Waals surface area contributed by atoms with Gasteiger partial charge in [0.25, 0.3) is 5.69 Å². The molecular formula is C15H15BrN2O3. The van der Waals surface area contributed by atoms with Gasteiger partial charge in [-0.1, -0.05) is 22.0 Å². The minimum absolute atomic E-state index is 0.0909. The molecule has 0 heterocycles. The molecule has 5 nitrogen and oxygen atoms in total. The molecule has 2 aromatic rings. The van der Waals surface area contributed by atoms with E-state index in [1.54, 1.807) is 19.9 Å². The van der Waals surface area contributed by atoms with Gasteiger partial charge in [0, 0.05) is 28.2 Å². The number of aryl methyl sites for hydroxylation is 2. The standard InChI is InChI=1S/C15H15BrN2O3/c1-9-6-14(10(2)5-13(9)18(19)20)21-15-7-12(16)4-3-11(15)8-17/h3-7H,8,17H2,1-2H3. The van der Waals surface area contributed by atoms with Crippen LogP contribution in [0.1, 0.15) is 16.7 Å². The Bertz CT molecular complexity index is 702. The number of benzene rings is 2. The van der Waals surface area contributed by atoms with E-state index in [0.717, 1.165) is 10.0 Å². The fourth-order valence-electron chi connectivity index (χ4n) is 1.99. The first-order valence-corrected chi connectivity index (χ1v) is 7.13. The fraction of sp³-hybridized carbons (Fsp3) is 0.200. The maximum Gasteiger partial charge on any atom is 0.272 e. The summed E-state index contributed by atoms with van der Waals surface area (Å²) in [6.07, 6.45) is 0. The van der Waals surface area contributed by atoms with Crippen LogP contribution in [0.25, 0.3) is 0 Å². The van der Waals surface area contributed by atoms with Gasteiger partial charge in [-0.2, -0.15) is 0 Å². The number of hydrogen-bond donors (Lipinski definition) is 1. The van der Waals surface area contributed by atoms with E-state index >= 15 is 0 Å². The van der Waals surface area contributed by atoms with Crippen molar-refractivity contribution in [2.45, 2.75) is 20.4 Å². The van der Waals surface area contributed by atoms with Crippen LogP contribution in [-0.4, -0.2) is 4.92 Å². The van der Waals surface area contributed by atoms with E-state index in [9.17, 15) is 10.1 Å². The number of nitro benzene ring substituents is 1. The van der Waals surface area contributed by atoms with Gasteiger partial charge in [-0.15, -0.1) is 0 Å². The van der Waals surface area contributed by atoms with Crippen molar-refractivity contribution >= 4 is 21.6 Å². The van der Waals surface area contributed by atoms with E-state index in [0.29, 0.717) is 29.2 Å². The van der Waals surface area contributed by atoms with E-state index in [1.165, 1.54) is 6.07 Å². The zero-order chi connectivity index (χ0) is 15.6. The van der Waals surface area contributed by atoms with Gasteiger partial charge in [-0.05, 0) is 37.6 Å². The summed E-state index contributed by atoms with van der Waals surface area (Å²) in [5, 5.41) is 10.9. The number of nitro groups is 1. The highest BCUT2D eigenvalue weighted by molar-refractivity contribution is 9.10. The topological polar surface area (TPSA) is 78.4 Å². The van der Waals surface area contributed by atoms with Gasteiger partial charge in [0.2, 0.25) is 0 Å². The molecule has 0 aliphatic carbocycles. The number of nitrogens with zero attached hydrogens (tertiary/aromatic N) is 1. The Hall–Kier alpha value is -1.92. The van der Waals surface area contributed by atoms with Crippen LogP contribution < -0.4 is 10.5 Å². The van der Waals surface area contributed by atoms with Crippen molar-refractivity contribution in [2.75, 3.05) is 0 Å². The van der Waals surface area contributed by atoms with E-state index in [2.05, 4.69) is 15.9 Å². The maximum absolute atomic E-state index is 10.9. The molecule has 0 atom stereocenters. The summed E-state index contributed by atoms with van der Waals surface area (Å²) < 4.78 is 6.78. The zero-order valence-corrected chi connectivity index (χ0v) is 13.3. The lowest BCUT2D eigenvalue weighted by molar-refractivity contribution is -0.385. The van der Waals surface area contributed by atoms with Gasteiger partial charge in [0.1, 0.15) is 11.5 Å². The summed E-state index contributed by atoms with van der Waals surface area (Å²) in [6.45, 7) is 3.82. The molecule has 0 radical (unpaired) electrons. The van der Waals surface area contributed by atoms with Gasteiger partial charge in [-0.25, -0.2) is 0 Å². The Labute approximate surface area is 131 Å². The smallest absolute Gasteiger partial charge is 0.272 e. The molecule has 0 spiro atoms. The summed E-state index contributed by atoms with van der Waals surface area (Å²) in [5.74, 6) is 1.23. The summed E-state index contributed by atoms with van der Waals surface area (Å²) in [7, 11) is 0. The van der Waals surface area contributed by atoms with Crippen LogP contribution in [-0.2, 0) is 6.54 Å². The van der Waals surface area contributed by atoms with Crippen LogP contribution in [0.3, 0.4) is 0 Å². The molecule has 0 unspecified atom stereocenters. The van der Waals surface area contributed by atoms with Gasteiger partial charge < -0.3 is 10.5 Å². The van der Waals surface area contributed by atoms with E-state index in [-0.39, 0.29) is 5.69 Å². The number of rotatable bonds is 4. The van der Waals surface area contributed by atoms with Crippen molar-refractivity contribution in [1.29, 1.82) is 0 Å². The minimum Gasteiger partial charge on any atom is -0.457 e. The second-order valence-corrected chi connectivity index (χ2v) is 5.64. The molecule has 2 aromatic carbocycles. The predicted octanol–water partition coefficient (Wildman–Crippen LogP) is 4.23. The number of halogens is 1. The molecule has 0 saturated heterocycles. The molecule has 21 heavy (non-hydrogen) atoms. The van der Waals surface area contributed by atoms with Crippen molar-refractivity contribution in [2.24, 2.45) is 5.73 Å². The minimum atomic E-state index is -0.392. The normalized spacial score (nSPS) is 10.5. The Morgan fingerprint density at radius 3 is 2.52 bits per heavy atom. The SMILES string of the molecule is Cc1cc([N+](=O)[O-])c(C)cc1Oc1cc(Br)ccc1CN. The highest BCUT2D eigenvalue weighted by Crippen LogP contribution is 2.33. The average Bonchev–Trinajstić information content (AvgIpc) is 2.42. The maximum atomic E-state index is 10.9. The first-order valence-electron chi connectivity index (χ1n) is 6.34. The third-order valence-corrected chi connectivity index (χ3v) is 3.65. The largest absolute Gasteiger partial charge is 0.457 e. The zero-order valence-electron chi connectivity index (χ0n) is 11.7. The second-order valence-electron chi connectivity index (χ2n) is 4.72. The van der Waals surface area contributed by atoms with Gasteiger partial charge >= 0.3 is 0 Å². The summed E-state index contributed by atoms with van der Waals surface area (Å²) >= 11 is 3.39. The molecule has 2 N–H and O–H groups in total. The van der Waals surface area contributed by atoms with Crippen LogP contribution >= 0.6 is 15.9 Å². The van der Waals surface area contributed by atoms with Crippen molar-refractivity contribution in [1.82, 2.24) is 0 Å². The molecular weight excluding hydrogens is 336 g/mol. The van der Waals surface area contributed by atoms with E-state index < -0.39 is 4.92 Å². The van der Waals surface area contributed by atoms with E-state index in [4.69, 9.17) is 10.5 Å². The van der Waals surface area contributed by atoms with Gasteiger partial charge in [-0.3, -0.25) is 10.1 Å². The first kappa shape index (κ1) is 15.5. The highest BCUT2D eigenvalue weighted by Gasteiger charge is 2.15. The number of nitrogens with two attached hydrogens (primary N) is 1. The lowest BCUT2D eigenvalue weighted by Gasteiger charge is -2.13. The lowest BCUT2D eigenvalue weighted by Crippen LogP contribution is -2.01. The predicted molar refractivity (Wildman–Crippen MR) is 84.7 cm³/mol. The quantitative estimate of drug-likeness (QED) is 0.661. The van der Waals surface area contributed by atoms with Crippen LogP contribution in [0.4, 0.5) is 5.69 Å². The molecule has 6 heteroatoms. The van der Waals surface area contributed by atoms with Crippen LogP contribution in [0.15, 0.2) is 34.8 Å². The summed E-state index contributed by atoms with van der Waals surface area (Å²) in [5.41, 5.74) is 7.93. The summed E-state index contributed by atoms with van der Waals surface area (Å²) in [4.78, 5) is 10.5. The van der Waals surface area contributed by atoms with Crippen LogP contribution in [0, 0.1) is 24.0 Å². The van der Waals surface area contributed by atoms with Crippen molar-refractivity contribution in [3.05, 3.63) is 61.6 Å².